The Kier molecular flexibility index (Phi) is 2.67. The molecule has 1 aliphatic rings. The van der Waals surface area contributed by atoms with E-state index in [1.165, 1.54) is 0 Å². The van der Waals surface area contributed by atoms with Crippen molar-refractivity contribution >= 4 is 11.7 Å². The van der Waals surface area contributed by atoms with Crippen LogP contribution in [0.5, 0.6) is 0 Å². The molecule has 0 spiro atoms. The molecule has 0 fully saturated rings. The minimum absolute atomic E-state index is 0.0999. The third-order valence-electron chi connectivity index (χ3n) is 3.24. The van der Waals surface area contributed by atoms with Gasteiger partial charge in [-0.1, -0.05) is 37.3 Å². The lowest BCUT2D eigenvalue weighted by Crippen LogP contribution is -2.29. The zero-order valence-electron chi connectivity index (χ0n) is 10.4. The fourth-order valence-electron chi connectivity index (χ4n) is 2.33. The zero-order chi connectivity index (χ0) is 13.4. The van der Waals surface area contributed by atoms with Gasteiger partial charge in [0.15, 0.2) is 0 Å². The molecule has 2 N–H and O–H groups in total. The lowest BCUT2D eigenvalue weighted by molar-refractivity contribution is -0.116. The summed E-state index contributed by atoms with van der Waals surface area (Å²) in [5.41, 5.74) is 1.19. The Morgan fingerprint density at radius 1 is 1.21 bits per heavy atom. The van der Waals surface area contributed by atoms with Crippen LogP contribution in [-0.4, -0.2) is 15.9 Å². The number of hydrogen-bond acceptors (Lipinski definition) is 3. The summed E-state index contributed by atoms with van der Waals surface area (Å²) in [6, 6.07) is 9.35. The maximum absolute atomic E-state index is 12.1. The molecule has 1 atom stereocenters. The van der Waals surface area contributed by atoms with Gasteiger partial charge in [0.05, 0.1) is 5.56 Å². The van der Waals surface area contributed by atoms with E-state index >= 15 is 0 Å². The van der Waals surface area contributed by atoms with Crippen LogP contribution in [0, 0.1) is 0 Å². The number of aromatic amines is 1. The molecule has 1 aliphatic heterocycles. The van der Waals surface area contributed by atoms with E-state index in [0.717, 1.165) is 5.56 Å². The summed E-state index contributed by atoms with van der Waals surface area (Å²) < 4.78 is 0. The number of anilines is 1. The van der Waals surface area contributed by atoms with E-state index in [0.29, 0.717) is 23.6 Å². The first-order valence-corrected chi connectivity index (χ1v) is 6.14. The van der Waals surface area contributed by atoms with Crippen molar-refractivity contribution < 1.29 is 4.79 Å². The van der Waals surface area contributed by atoms with Crippen molar-refractivity contribution in [1.29, 1.82) is 0 Å². The molecular formula is C14H13N3O2. The Labute approximate surface area is 109 Å². The minimum Gasteiger partial charge on any atom is -0.310 e. The maximum atomic E-state index is 12.1. The molecule has 1 unspecified atom stereocenters. The van der Waals surface area contributed by atoms with Gasteiger partial charge in [-0.05, 0) is 5.92 Å². The van der Waals surface area contributed by atoms with Gasteiger partial charge >= 0.3 is 0 Å². The number of nitrogens with zero attached hydrogens (tertiary/aromatic N) is 1. The molecule has 0 saturated heterocycles. The van der Waals surface area contributed by atoms with Crippen LogP contribution in [0.1, 0.15) is 24.8 Å². The molecule has 0 bridgehead atoms. The fraction of sp³-hybridized carbons (Fsp3) is 0.214. The van der Waals surface area contributed by atoms with E-state index in [9.17, 15) is 9.59 Å². The summed E-state index contributed by atoms with van der Waals surface area (Å²) in [5.74, 6) is 0.645. The first kappa shape index (κ1) is 11.6. The minimum atomic E-state index is -0.184. The number of amides is 1. The van der Waals surface area contributed by atoms with E-state index in [1.54, 1.807) is 0 Å². The Hall–Kier alpha value is -2.43. The van der Waals surface area contributed by atoms with E-state index < -0.39 is 0 Å². The van der Waals surface area contributed by atoms with Gasteiger partial charge in [0.2, 0.25) is 5.91 Å². The third kappa shape index (κ3) is 2.03. The number of carbonyl (C=O) groups excluding carboxylic acids is 1. The summed E-state index contributed by atoms with van der Waals surface area (Å²) >= 11 is 0. The predicted octanol–water partition coefficient (Wildman–Crippen LogP) is 1.88. The lowest BCUT2D eigenvalue weighted by atomic mass is 9.95. The Balaban J connectivity index is 2.17. The van der Waals surface area contributed by atoms with Crippen LogP contribution in [0.25, 0.3) is 11.4 Å². The van der Waals surface area contributed by atoms with Crippen molar-refractivity contribution in [1.82, 2.24) is 9.97 Å². The van der Waals surface area contributed by atoms with Gasteiger partial charge in [0.1, 0.15) is 11.6 Å². The number of benzene rings is 1. The predicted molar refractivity (Wildman–Crippen MR) is 72.0 cm³/mol. The van der Waals surface area contributed by atoms with Crippen molar-refractivity contribution in [3.8, 4) is 11.4 Å². The highest BCUT2D eigenvalue weighted by molar-refractivity contribution is 5.93. The van der Waals surface area contributed by atoms with Crippen LogP contribution in [0.15, 0.2) is 35.1 Å². The van der Waals surface area contributed by atoms with Gasteiger partial charge in [-0.15, -0.1) is 0 Å². The molecule has 96 valence electrons. The second-order valence-corrected chi connectivity index (χ2v) is 4.70. The topological polar surface area (TPSA) is 74.8 Å². The number of aromatic nitrogens is 2. The number of hydrogen-bond donors (Lipinski definition) is 2. The molecule has 0 saturated carbocycles. The number of fused-ring (bicyclic) bond motifs is 1. The maximum Gasteiger partial charge on any atom is 0.256 e. The molecule has 5 nitrogen and oxygen atoms in total. The smallest absolute Gasteiger partial charge is 0.256 e. The highest BCUT2D eigenvalue weighted by Crippen LogP contribution is 2.28. The highest BCUT2D eigenvalue weighted by atomic mass is 16.2. The van der Waals surface area contributed by atoms with Gasteiger partial charge in [-0.3, -0.25) is 9.59 Å². The quantitative estimate of drug-likeness (QED) is 0.817. The fourth-order valence-corrected chi connectivity index (χ4v) is 2.33. The van der Waals surface area contributed by atoms with Crippen molar-refractivity contribution in [3.63, 3.8) is 0 Å². The normalized spacial score (nSPS) is 17.7. The van der Waals surface area contributed by atoms with Crippen LogP contribution >= 0.6 is 0 Å². The van der Waals surface area contributed by atoms with Crippen molar-refractivity contribution in [2.45, 2.75) is 19.3 Å². The Morgan fingerprint density at radius 2 is 1.95 bits per heavy atom. The highest BCUT2D eigenvalue weighted by Gasteiger charge is 2.26. The molecule has 0 aliphatic carbocycles. The molecule has 0 radical (unpaired) electrons. The van der Waals surface area contributed by atoms with E-state index in [-0.39, 0.29) is 17.4 Å². The van der Waals surface area contributed by atoms with Crippen LogP contribution in [0.4, 0.5) is 5.82 Å². The molecular weight excluding hydrogens is 242 g/mol. The molecule has 3 rings (SSSR count). The molecule has 2 aromatic rings. The molecule has 19 heavy (non-hydrogen) atoms. The van der Waals surface area contributed by atoms with Crippen LogP contribution < -0.4 is 10.9 Å². The summed E-state index contributed by atoms with van der Waals surface area (Å²) in [6.45, 7) is 1.86. The lowest BCUT2D eigenvalue weighted by Gasteiger charge is -2.21. The second kappa shape index (κ2) is 4.35. The first-order chi connectivity index (χ1) is 9.15. The monoisotopic (exact) mass is 255 g/mol. The van der Waals surface area contributed by atoms with E-state index in [1.807, 2.05) is 37.3 Å². The SMILES string of the molecule is CC1CC(=O)Nc2nc(-c3ccccc3)[nH]c(=O)c21. The van der Waals surface area contributed by atoms with Crippen LogP contribution in [0.3, 0.4) is 0 Å². The number of H-pyrrole nitrogens is 1. The van der Waals surface area contributed by atoms with Gasteiger partial charge in [0, 0.05) is 12.0 Å². The molecule has 1 amide bonds. The molecule has 5 heteroatoms. The summed E-state index contributed by atoms with van der Waals surface area (Å²) in [6.07, 6.45) is 0.322. The second-order valence-electron chi connectivity index (χ2n) is 4.70. The van der Waals surface area contributed by atoms with Gasteiger partial charge in [-0.2, -0.15) is 0 Å². The summed E-state index contributed by atoms with van der Waals surface area (Å²) in [4.78, 5) is 30.8. The zero-order valence-corrected chi connectivity index (χ0v) is 10.4. The molecule has 1 aromatic carbocycles. The number of rotatable bonds is 1. The van der Waals surface area contributed by atoms with E-state index in [4.69, 9.17) is 0 Å². The van der Waals surface area contributed by atoms with Crippen molar-refractivity contribution in [2.24, 2.45) is 0 Å². The summed E-state index contributed by atoms with van der Waals surface area (Å²) in [5, 5.41) is 2.67. The van der Waals surface area contributed by atoms with Crippen molar-refractivity contribution in [2.75, 3.05) is 5.32 Å². The summed E-state index contributed by atoms with van der Waals surface area (Å²) in [7, 11) is 0. The third-order valence-corrected chi connectivity index (χ3v) is 3.24. The van der Waals surface area contributed by atoms with E-state index in [2.05, 4.69) is 15.3 Å². The van der Waals surface area contributed by atoms with Crippen LogP contribution in [-0.2, 0) is 4.79 Å². The van der Waals surface area contributed by atoms with Gasteiger partial charge in [0.25, 0.3) is 5.56 Å². The standard InChI is InChI=1S/C14H13N3O2/c1-8-7-10(18)15-13-11(8)14(19)17-12(16-13)9-5-3-2-4-6-9/h2-6,8H,7H2,1H3,(H2,15,16,17,18,19). The van der Waals surface area contributed by atoms with Crippen molar-refractivity contribution in [3.05, 3.63) is 46.2 Å². The molecule has 2 heterocycles. The average Bonchev–Trinajstić information content (AvgIpc) is 2.38. The van der Waals surface area contributed by atoms with Gasteiger partial charge in [-0.25, -0.2) is 4.98 Å². The molecule has 1 aromatic heterocycles. The number of carbonyl (C=O) groups is 1. The Bertz CT molecular complexity index is 692. The van der Waals surface area contributed by atoms with Gasteiger partial charge < -0.3 is 10.3 Å². The Morgan fingerprint density at radius 3 is 2.68 bits per heavy atom. The largest absolute Gasteiger partial charge is 0.310 e. The van der Waals surface area contributed by atoms with Crippen LogP contribution in [0.2, 0.25) is 0 Å². The first-order valence-electron chi connectivity index (χ1n) is 6.14. The average molecular weight is 255 g/mol. The number of nitrogens with one attached hydrogen (secondary N) is 2.